The van der Waals surface area contributed by atoms with Gasteiger partial charge in [0.1, 0.15) is 11.6 Å². The van der Waals surface area contributed by atoms with Gasteiger partial charge in [-0.15, -0.1) is 0 Å². The van der Waals surface area contributed by atoms with Gasteiger partial charge < -0.3 is 0 Å². The third-order valence-electron chi connectivity index (χ3n) is 4.32. The minimum Gasteiger partial charge on any atom is -0.267 e. The predicted octanol–water partition coefficient (Wildman–Crippen LogP) is 4.11. The van der Waals surface area contributed by atoms with Crippen LogP contribution in [0.15, 0.2) is 17.2 Å². The second kappa shape index (κ2) is 6.46. The van der Waals surface area contributed by atoms with E-state index in [2.05, 4.69) is 15.2 Å². The van der Waals surface area contributed by atoms with Gasteiger partial charge in [-0.3, -0.25) is 9.48 Å². The molecule has 1 fully saturated rings. The summed E-state index contributed by atoms with van der Waals surface area (Å²) in [4.78, 5) is 15.9. The Morgan fingerprint density at radius 3 is 2.33 bits per heavy atom. The van der Waals surface area contributed by atoms with Crippen LogP contribution in [0.25, 0.3) is 16.1 Å². The molecule has 0 spiro atoms. The summed E-state index contributed by atoms with van der Waals surface area (Å²) in [5, 5.41) is 7.67. The Balaban J connectivity index is 1.83. The van der Waals surface area contributed by atoms with E-state index in [9.17, 15) is 39.9 Å². The molecule has 0 amide bonds. The van der Waals surface area contributed by atoms with Gasteiger partial charge >= 0.3 is 18.3 Å². The van der Waals surface area contributed by atoms with Crippen molar-refractivity contribution in [3.8, 4) is 11.1 Å². The van der Waals surface area contributed by atoms with E-state index in [0.29, 0.717) is 21.9 Å². The maximum atomic E-state index is 13.5. The highest BCUT2D eigenvalue weighted by atomic mass is 32.1. The van der Waals surface area contributed by atoms with Gasteiger partial charge in [-0.25, -0.2) is 4.98 Å². The molecule has 3 aromatic heterocycles. The summed E-state index contributed by atoms with van der Waals surface area (Å²) in [6.07, 6.45) is -8.32. The Hall–Kier alpha value is -2.58. The molecule has 0 aromatic carbocycles. The molecule has 162 valence electrons. The Morgan fingerprint density at radius 1 is 1.10 bits per heavy atom. The first-order valence-electron chi connectivity index (χ1n) is 8.26. The van der Waals surface area contributed by atoms with Crippen molar-refractivity contribution in [1.82, 2.24) is 24.4 Å². The molecule has 3 heterocycles. The van der Waals surface area contributed by atoms with Gasteiger partial charge in [0.25, 0.3) is 5.56 Å². The summed E-state index contributed by atoms with van der Waals surface area (Å²) >= 11 is 0.828. The van der Waals surface area contributed by atoms with Crippen LogP contribution in [0.1, 0.15) is 29.5 Å². The summed E-state index contributed by atoms with van der Waals surface area (Å²) in [6, 6.07) is 0. The summed E-state index contributed by atoms with van der Waals surface area (Å²) < 4.78 is 105. The van der Waals surface area contributed by atoms with Gasteiger partial charge in [-0.2, -0.15) is 49.8 Å². The van der Waals surface area contributed by atoms with E-state index in [0.717, 1.165) is 24.2 Å². The van der Waals surface area contributed by atoms with Crippen molar-refractivity contribution < 1.29 is 35.1 Å². The van der Waals surface area contributed by atoms with Gasteiger partial charge in [0.05, 0.1) is 11.8 Å². The maximum Gasteiger partial charge on any atom is 0.455 e. The molecule has 1 saturated carbocycles. The fourth-order valence-electron chi connectivity index (χ4n) is 2.69. The lowest BCUT2D eigenvalue weighted by Crippen LogP contribution is -2.40. The molecular formula is C15H9F8N5OS. The zero-order valence-corrected chi connectivity index (χ0v) is 15.2. The first-order chi connectivity index (χ1) is 13.8. The van der Waals surface area contributed by atoms with Crippen LogP contribution in [0.2, 0.25) is 0 Å². The fraction of sp³-hybridized carbons (Fsp3) is 0.467. The molecule has 30 heavy (non-hydrogen) atoms. The SMILES string of the molecule is O=c1c(-c2cnn(CC(F)(F)C(F)(F)F)c2)c(C(F)(F)F)nc2sc(C3CC3)nn12. The zero-order valence-electron chi connectivity index (χ0n) is 14.4. The number of hydrogen-bond donors (Lipinski definition) is 0. The van der Waals surface area contributed by atoms with Crippen molar-refractivity contribution in [3.63, 3.8) is 0 Å². The van der Waals surface area contributed by atoms with Crippen molar-refractivity contribution in [2.75, 3.05) is 0 Å². The average molecular weight is 459 g/mol. The topological polar surface area (TPSA) is 65.1 Å². The lowest BCUT2D eigenvalue weighted by Gasteiger charge is -2.19. The monoisotopic (exact) mass is 459 g/mol. The fourth-order valence-corrected chi connectivity index (χ4v) is 3.75. The third kappa shape index (κ3) is 3.54. The van der Waals surface area contributed by atoms with Gasteiger partial charge in [0.2, 0.25) is 4.96 Å². The highest BCUT2D eigenvalue weighted by molar-refractivity contribution is 7.16. The Labute approximate surface area is 164 Å². The van der Waals surface area contributed by atoms with Crippen LogP contribution in [0, 0.1) is 0 Å². The van der Waals surface area contributed by atoms with Crippen molar-refractivity contribution in [2.24, 2.45) is 0 Å². The van der Waals surface area contributed by atoms with E-state index in [1.807, 2.05) is 0 Å². The van der Waals surface area contributed by atoms with Crippen molar-refractivity contribution in [2.45, 2.75) is 43.6 Å². The first kappa shape index (κ1) is 20.7. The zero-order chi connectivity index (χ0) is 22.1. The molecule has 6 nitrogen and oxygen atoms in total. The molecule has 0 atom stereocenters. The number of aromatic nitrogens is 5. The minimum atomic E-state index is -5.88. The number of rotatable bonds is 4. The van der Waals surface area contributed by atoms with Gasteiger partial charge in [0, 0.05) is 17.7 Å². The summed E-state index contributed by atoms with van der Waals surface area (Å²) in [5.74, 6) is -5.14. The van der Waals surface area contributed by atoms with Crippen LogP contribution in [0.4, 0.5) is 35.1 Å². The molecule has 0 saturated heterocycles. The van der Waals surface area contributed by atoms with Crippen LogP contribution in [0.5, 0.6) is 0 Å². The lowest BCUT2D eigenvalue weighted by molar-refractivity contribution is -0.287. The lowest BCUT2D eigenvalue weighted by atomic mass is 10.1. The van der Waals surface area contributed by atoms with Crippen LogP contribution >= 0.6 is 11.3 Å². The highest BCUT2D eigenvalue weighted by Gasteiger charge is 2.57. The number of hydrogen-bond acceptors (Lipinski definition) is 5. The molecule has 1 aliphatic rings. The molecule has 15 heteroatoms. The van der Waals surface area contributed by atoms with Crippen molar-refractivity contribution >= 4 is 16.3 Å². The van der Waals surface area contributed by atoms with Gasteiger partial charge in [-0.1, -0.05) is 11.3 Å². The standard InChI is InChI=1S/C15H9F8N5OS/c16-13(17,15(21,22)23)5-27-4-7(3-24-27)8-9(14(18,19)20)25-12-28(11(8)29)26-10(30-12)6-1-2-6/h3-4,6H,1-2,5H2. The Morgan fingerprint density at radius 2 is 1.77 bits per heavy atom. The van der Waals surface area contributed by atoms with Crippen LogP contribution in [-0.2, 0) is 12.7 Å². The van der Waals surface area contributed by atoms with E-state index in [4.69, 9.17) is 0 Å². The maximum absolute atomic E-state index is 13.5. The molecule has 0 radical (unpaired) electrons. The number of fused-ring (bicyclic) bond motifs is 1. The molecule has 3 aromatic rings. The normalized spacial score (nSPS) is 15.9. The first-order valence-corrected chi connectivity index (χ1v) is 9.08. The Bertz CT molecular complexity index is 1170. The summed E-state index contributed by atoms with van der Waals surface area (Å²) in [6.45, 7) is -1.96. The number of alkyl halides is 8. The van der Waals surface area contributed by atoms with Crippen LogP contribution in [0.3, 0.4) is 0 Å². The van der Waals surface area contributed by atoms with E-state index >= 15 is 0 Å². The summed E-state index contributed by atoms with van der Waals surface area (Å²) in [7, 11) is 0. The van der Waals surface area contributed by atoms with E-state index in [-0.39, 0.29) is 15.6 Å². The average Bonchev–Trinajstić information content (AvgIpc) is 3.20. The molecule has 0 aliphatic heterocycles. The Kier molecular flexibility index (Phi) is 4.45. The number of halogens is 8. The smallest absolute Gasteiger partial charge is 0.267 e. The van der Waals surface area contributed by atoms with Gasteiger partial charge in [0.15, 0.2) is 5.69 Å². The van der Waals surface area contributed by atoms with Crippen LogP contribution in [-0.4, -0.2) is 36.5 Å². The van der Waals surface area contributed by atoms with Crippen LogP contribution < -0.4 is 5.56 Å². The minimum absolute atomic E-state index is 0.0289. The molecular weight excluding hydrogens is 450 g/mol. The molecule has 0 N–H and O–H groups in total. The number of nitrogens with zero attached hydrogens (tertiary/aromatic N) is 5. The van der Waals surface area contributed by atoms with Crippen molar-refractivity contribution in [1.29, 1.82) is 0 Å². The second-order valence-electron chi connectivity index (χ2n) is 6.68. The highest BCUT2D eigenvalue weighted by Crippen LogP contribution is 2.42. The predicted molar refractivity (Wildman–Crippen MR) is 86.3 cm³/mol. The molecule has 4 rings (SSSR count). The third-order valence-corrected chi connectivity index (χ3v) is 5.39. The van der Waals surface area contributed by atoms with Crippen molar-refractivity contribution in [3.05, 3.63) is 33.4 Å². The van der Waals surface area contributed by atoms with E-state index < -0.39 is 47.2 Å². The second-order valence-corrected chi connectivity index (χ2v) is 7.66. The molecule has 1 aliphatic carbocycles. The summed E-state index contributed by atoms with van der Waals surface area (Å²) in [5.41, 5.74) is -4.46. The molecule has 0 unspecified atom stereocenters. The quantitative estimate of drug-likeness (QED) is 0.551. The van der Waals surface area contributed by atoms with E-state index in [1.54, 1.807) is 0 Å². The largest absolute Gasteiger partial charge is 0.455 e. The van der Waals surface area contributed by atoms with Gasteiger partial charge in [-0.05, 0) is 12.8 Å². The molecule has 0 bridgehead atoms. The van der Waals surface area contributed by atoms with E-state index in [1.165, 1.54) is 0 Å².